The molecule has 0 aliphatic heterocycles. The van der Waals surface area contributed by atoms with Gasteiger partial charge in [-0.05, 0) is 18.2 Å². The zero-order valence-electron chi connectivity index (χ0n) is 6.16. The highest BCUT2D eigenvalue weighted by Gasteiger charge is 2.06. The third kappa shape index (κ3) is 3.57. The quantitative estimate of drug-likeness (QED) is 0.806. The minimum atomic E-state index is -1.27. The molecule has 0 saturated carbocycles. The molecule has 0 spiro atoms. The zero-order valence-corrected chi connectivity index (χ0v) is 7.79. The van der Waals surface area contributed by atoms with Gasteiger partial charge in [0.2, 0.25) is 0 Å². The van der Waals surface area contributed by atoms with Crippen LogP contribution < -0.4 is 0 Å². The number of hydrogen-bond donors (Lipinski definition) is 1. The first-order valence-electron chi connectivity index (χ1n) is 2.79. The number of benzene rings is 1. The number of hydrogen-bond acceptors (Lipinski definition) is 1. The van der Waals surface area contributed by atoms with Gasteiger partial charge in [-0.2, -0.15) is 0 Å². The molecule has 0 fully saturated rings. The second kappa shape index (κ2) is 5.72. The lowest BCUT2D eigenvalue weighted by molar-refractivity contribution is 0.0696. The number of carbonyl (C=O) groups is 1. The molecule has 0 aliphatic rings. The Morgan fingerprint density at radius 1 is 1.15 bits per heavy atom. The molecule has 0 unspecified atom stereocenters. The molecule has 0 atom stereocenters. The van der Waals surface area contributed by atoms with Gasteiger partial charge in [-0.1, -0.05) is 0 Å². The maximum absolute atomic E-state index is 12.3. The van der Waals surface area contributed by atoms with E-state index in [4.69, 9.17) is 5.11 Å². The summed E-state index contributed by atoms with van der Waals surface area (Å²) < 4.78 is 24.5. The Bertz CT molecular complexity index is 305. The first kappa shape index (κ1) is 14.6. The predicted octanol–water partition coefficient (Wildman–Crippen LogP) is 2.51. The highest BCUT2D eigenvalue weighted by atomic mass is 35.5. The summed E-state index contributed by atoms with van der Waals surface area (Å²) in [7, 11) is 0. The lowest BCUT2D eigenvalue weighted by Gasteiger charge is -1.94. The van der Waals surface area contributed by atoms with E-state index in [0.717, 1.165) is 12.1 Å². The van der Waals surface area contributed by atoms with E-state index >= 15 is 0 Å². The highest BCUT2D eigenvalue weighted by molar-refractivity contribution is 5.87. The van der Waals surface area contributed by atoms with Crippen molar-refractivity contribution in [3.63, 3.8) is 0 Å². The fraction of sp³-hybridized carbons (Fsp3) is 0. The van der Waals surface area contributed by atoms with Crippen molar-refractivity contribution in [2.24, 2.45) is 0 Å². The first-order chi connectivity index (χ1) is 5.11. The van der Waals surface area contributed by atoms with Crippen molar-refractivity contribution in [2.75, 3.05) is 0 Å². The van der Waals surface area contributed by atoms with E-state index < -0.39 is 17.6 Å². The molecule has 0 saturated heterocycles. The molecule has 0 aromatic heterocycles. The number of carboxylic acid groups (broad SMARTS) is 1. The summed E-state index contributed by atoms with van der Waals surface area (Å²) in [4.78, 5) is 10.2. The van der Waals surface area contributed by atoms with Crippen LogP contribution in [0.3, 0.4) is 0 Å². The van der Waals surface area contributed by atoms with E-state index in [1.165, 1.54) is 0 Å². The highest BCUT2D eigenvalue weighted by Crippen LogP contribution is 2.07. The molecular formula is C7H6Cl2F2O2. The monoisotopic (exact) mass is 230 g/mol. The molecule has 1 rings (SSSR count). The van der Waals surface area contributed by atoms with Gasteiger partial charge in [0.25, 0.3) is 0 Å². The van der Waals surface area contributed by atoms with Crippen LogP contribution in [0.15, 0.2) is 18.2 Å². The molecule has 0 aliphatic carbocycles. The largest absolute Gasteiger partial charge is 0.478 e. The Balaban J connectivity index is 0. The van der Waals surface area contributed by atoms with Crippen molar-refractivity contribution in [2.45, 2.75) is 0 Å². The van der Waals surface area contributed by atoms with Gasteiger partial charge in [0.05, 0.1) is 5.56 Å². The first-order valence-corrected chi connectivity index (χ1v) is 2.79. The number of carboxylic acids is 1. The molecule has 1 aromatic rings. The van der Waals surface area contributed by atoms with Crippen LogP contribution in [0.5, 0.6) is 0 Å². The minimum absolute atomic E-state index is 0. The molecule has 6 heteroatoms. The van der Waals surface area contributed by atoms with Crippen LogP contribution in [-0.4, -0.2) is 11.1 Å². The lowest BCUT2D eigenvalue weighted by atomic mass is 10.2. The lowest BCUT2D eigenvalue weighted by Crippen LogP contribution is -1.97. The van der Waals surface area contributed by atoms with Gasteiger partial charge in [-0.3, -0.25) is 0 Å². The fourth-order valence-electron chi connectivity index (χ4n) is 0.629. The average molecular weight is 231 g/mol. The summed E-state index contributed by atoms with van der Waals surface area (Å²) in [5.41, 5.74) is -0.260. The molecule has 74 valence electrons. The van der Waals surface area contributed by atoms with Gasteiger partial charge in [0.15, 0.2) is 11.6 Å². The fourth-order valence-corrected chi connectivity index (χ4v) is 0.629. The Hall–Kier alpha value is -0.870. The number of rotatable bonds is 1. The van der Waals surface area contributed by atoms with E-state index in [-0.39, 0.29) is 30.4 Å². The molecule has 1 aromatic carbocycles. The minimum Gasteiger partial charge on any atom is -0.478 e. The Morgan fingerprint density at radius 2 is 1.69 bits per heavy atom. The Morgan fingerprint density at radius 3 is 2.08 bits per heavy atom. The molecule has 13 heavy (non-hydrogen) atoms. The molecule has 0 radical (unpaired) electrons. The maximum atomic E-state index is 12.3. The van der Waals surface area contributed by atoms with Gasteiger partial charge in [0, 0.05) is 0 Å². The van der Waals surface area contributed by atoms with Gasteiger partial charge in [-0.15, -0.1) is 24.8 Å². The summed E-state index contributed by atoms with van der Waals surface area (Å²) in [6, 6.07) is 2.41. The van der Waals surface area contributed by atoms with Crippen LogP contribution >= 0.6 is 24.8 Å². The van der Waals surface area contributed by atoms with Crippen LogP contribution in [0.4, 0.5) is 8.78 Å². The number of aromatic carboxylic acids is 1. The van der Waals surface area contributed by atoms with Gasteiger partial charge in [-0.25, -0.2) is 13.6 Å². The van der Waals surface area contributed by atoms with Crippen molar-refractivity contribution >= 4 is 30.8 Å². The molecule has 0 heterocycles. The second-order valence-electron chi connectivity index (χ2n) is 1.93. The SMILES string of the molecule is Cl.Cl.O=C(O)c1ccc(F)c(F)c1. The normalized spacial score (nSPS) is 8.15. The van der Waals surface area contributed by atoms with Crippen molar-refractivity contribution in [3.8, 4) is 0 Å². The van der Waals surface area contributed by atoms with E-state index in [1.807, 2.05) is 0 Å². The summed E-state index contributed by atoms with van der Waals surface area (Å²) in [6.07, 6.45) is 0. The summed E-state index contributed by atoms with van der Waals surface area (Å²) in [6.45, 7) is 0. The summed E-state index contributed by atoms with van der Waals surface area (Å²) >= 11 is 0. The topological polar surface area (TPSA) is 37.3 Å². The van der Waals surface area contributed by atoms with Gasteiger partial charge >= 0.3 is 5.97 Å². The standard InChI is InChI=1S/C7H4F2O2.2ClH/c8-5-2-1-4(7(10)11)3-6(5)9;;/h1-3H,(H,10,11);2*1H. The third-order valence-corrected chi connectivity index (χ3v) is 1.17. The second-order valence-corrected chi connectivity index (χ2v) is 1.93. The predicted molar refractivity (Wildman–Crippen MR) is 47.8 cm³/mol. The van der Waals surface area contributed by atoms with Gasteiger partial charge < -0.3 is 5.11 Å². The third-order valence-electron chi connectivity index (χ3n) is 1.17. The van der Waals surface area contributed by atoms with Crippen molar-refractivity contribution in [3.05, 3.63) is 35.4 Å². The van der Waals surface area contributed by atoms with Crippen LogP contribution in [-0.2, 0) is 0 Å². The molecular weight excluding hydrogens is 225 g/mol. The van der Waals surface area contributed by atoms with E-state index in [0.29, 0.717) is 6.07 Å². The van der Waals surface area contributed by atoms with Crippen LogP contribution in [0.2, 0.25) is 0 Å². The van der Waals surface area contributed by atoms with Crippen LogP contribution in [0.1, 0.15) is 10.4 Å². The van der Waals surface area contributed by atoms with Crippen molar-refractivity contribution in [1.82, 2.24) is 0 Å². The number of halogens is 4. The van der Waals surface area contributed by atoms with Crippen LogP contribution in [0.25, 0.3) is 0 Å². The molecule has 0 amide bonds. The van der Waals surface area contributed by atoms with Crippen LogP contribution in [0, 0.1) is 11.6 Å². The maximum Gasteiger partial charge on any atom is 0.335 e. The smallest absolute Gasteiger partial charge is 0.335 e. The Labute approximate surface area is 85.4 Å². The van der Waals surface area contributed by atoms with Gasteiger partial charge in [0.1, 0.15) is 0 Å². The van der Waals surface area contributed by atoms with E-state index in [1.54, 1.807) is 0 Å². The summed E-state index contributed by atoms with van der Waals surface area (Å²) in [5, 5.41) is 8.31. The molecule has 2 nitrogen and oxygen atoms in total. The van der Waals surface area contributed by atoms with Crippen molar-refractivity contribution in [1.29, 1.82) is 0 Å². The average Bonchev–Trinajstić information content (AvgIpc) is 1.94. The van der Waals surface area contributed by atoms with E-state index in [9.17, 15) is 13.6 Å². The zero-order chi connectivity index (χ0) is 8.43. The molecule has 0 bridgehead atoms. The molecule has 1 N–H and O–H groups in total. The van der Waals surface area contributed by atoms with Crippen molar-refractivity contribution < 1.29 is 18.7 Å². The van der Waals surface area contributed by atoms with E-state index in [2.05, 4.69) is 0 Å². The Kier molecular flexibility index (Phi) is 6.44. The summed E-state index contributed by atoms with van der Waals surface area (Å²) in [5.74, 6) is -3.47.